The van der Waals surface area contributed by atoms with Crippen LogP contribution in [0.2, 0.25) is 0 Å². The number of anilines is 1. The summed E-state index contributed by atoms with van der Waals surface area (Å²) in [5.41, 5.74) is 7.89. The molecule has 0 unspecified atom stereocenters. The van der Waals surface area contributed by atoms with E-state index >= 15 is 0 Å². The Balaban J connectivity index is 1.73. The molecule has 0 atom stereocenters. The normalized spacial score (nSPS) is 20.5. The third kappa shape index (κ3) is 2.77. The smallest absolute Gasteiger partial charge is 0.163 e. The number of nitrogen functional groups attached to an aromatic ring is 1. The maximum Gasteiger partial charge on any atom is 0.163 e. The molecule has 3 rings (SSSR count). The lowest BCUT2D eigenvalue weighted by Gasteiger charge is -2.30. The number of fused-ring (bicyclic) bond motifs is 1. The summed E-state index contributed by atoms with van der Waals surface area (Å²) in [7, 11) is 0. The first kappa shape index (κ1) is 12.6. The van der Waals surface area contributed by atoms with E-state index in [0.29, 0.717) is 13.2 Å². The van der Waals surface area contributed by atoms with Crippen molar-refractivity contribution in [1.29, 1.82) is 0 Å². The predicted molar refractivity (Wildman–Crippen MR) is 72.4 cm³/mol. The van der Waals surface area contributed by atoms with Crippen LogP contribution >= 0.6 is 0 Å². The molecule has 0 amide bonds. The molecular weight excluding hydrogens is 244 g/mol. The van der Waals surface area contributed by atoms with E-state index in [-0.39, 0.29) is 6.10 Å². The third-order valence-electron chi connectivity index (χ3n) is 3.76. The Hall–Kier alpha value is -1.46. The van der Waals surface area contributed by atoms with Gasteiger partial charge in [0, 0.05) is 31.4 Å². The van der Waals surface area contributed by atoms with E-state index in [2.05, 4.69) is 4.90 Å². The number of benzene rings is 1. The number of hydrogen-bond donors (Lipinski definition) is 2. The van der Waals surface area contributed by atoms with Crippen LogP contribution in [-0.4, -0.2) is 42.4 Å². The van der Waals surface area contributed by atoms with Crippen molar-refractivity contribution in [2.24, 2.45) is 0 Å². The van der Waals surface area contributed by atoms with Gasteiger partial charge >= 0.3 is 0 Å². The number of piperidine rings is 1. The van der Waals surface area contributed by atoms with Gasteiger partial charge in [0.05, 0.1) is 6.10 Å². The molecule has 2 aliphatic heterocycles. The van der Waals surface area contributed by atoms with Crippen molar-refractivity contribution in [2.45, 2.75) is 25.5 Å². The first-order chi connectivity index (χ1) is 9.22. The van der Waals surface area contributed by atoms with Crippen LogP contribution < -0.4 is 15.2 Å². The van der Waals surface area contributed by atoms with Crippen molar-refractivity contribution < 1.29 is 14.6 Å². The molecule has 5 nitrogen and oxygen atoms in total. The second-order valence-electron chi connectivity index (χ2n) is 5.20. The Bertz CT molecular complexity index is 456. The van der Waals surface area contributed by atoms with Crippen LogP contribution in [0.25, 0.3) is 0 Å². The van der Waals surface area contributed by atoms with Crippen molar-refractivity contribution >= 4 is 5.69 Å². The topological polar surface area (TPSA) is 68.0 Å². The van der Waals surface area contributed by atoms with Crippen molar-refractivity contribution in [2.75, 3.05) is 32.0 Å². The van der Waals surface area contributed by atoms with Crippen LogP contribution in [0.5, 0.6) is 11.5 Å². The maximum atomic E-state index is 9.52. The Labute approximate surface area is 112 Å². The highest BCUT2D eigenvalue weighted by Gasteiger charge is 2.20. The van der Waals surface area contributed by atoms with Crippen molar-refractivity contribution in [1.82, 2.24) is 4.90 Å². The van der Waals surface area contributed by atoms with Crippen LogP contribution in [0.4, 0.5) is 5.69 Å². The zero-order valence-corrected chi connectivity index (χ0v) is 11.0. The highest BCUT2D eigenvalue weighted by atomic mass is 16.6. The summed E-state index contributed by atoms with van der Waals surface area (Å²) in [4.78, 5) is 2.31. The third-order valence-corrected chi connectivity index (χ3v) is 3.76. The zero-order valence-electron chi connectivity index (χ0n) is 11.0. The van der Waals surface area contributed by atoms with E-state index in [0.717, 1.165) is 55.2 Å². The number of nitrogens with two attached hydrogens (primary N) is 1. The standard InChI is InChI=1S/C14H20N2O3/c15-12-8-14-13(18-5-6-19-14)7-10(12)9-16-3-1-11(17)2-4-16/h7-8,11,17H,1-6,9,15H2. The number of rotatable bonds is 2. The van der Waals surface area contributed by atoms with Crippen LogP contribution in [0.15, 0.2) is 12.1 Å². The molecule has 0 aromatic heterocycles. The van der Waals surface area contributed by atoms with Crippen LogP contribution in [0.3, 0.4) is 0 Å². The van der Waals surface area contributed by atoms with Gasteiger partial charge in [-0.3, -0.25) is 4.90 Å². The van der Waals surface area contributed by atoms with Gasteiger partial charge in [0.25, 0.3) is 0 Å². The van der Waals surface area contributed by atoms with Gasteiger partial charge in [-0.05, 0) is 24.5 Å². The quantitative estimate of drug-likeness (QED) is 0.780. The SMILES string of the molecule is Nc1cc2c(cc1CN1CCC(O)CC1)OCCO2. The Morgan fingerprint density at radius 2 is 1.79 bits per heavy atom. The maximum absolute atomic E-state index is 9.52. The predicted octanol–water partition coefficient (Wildman–Crippen LogP) is 0.997. The van der Waals surface area contributed by atoms with E-state index < -0.39 is 0 Å². The van der Waals surface area contributed by atoms with Gasteiger partial charge in [-0.15, -0.1) is 0 Å². The van der Waals surface area contributed by atoms with E-state index in [1.807, 2.05) is 12.1 Å². The molecule has 1 fully saturated rings. The number of aliphatic hydroxyl groups excluding tert-OH is 1. The summed E-state index contributed by atoms with van der Waals surface area (Å²) in [6.07, 6.45) is 1.53. The summed E-state index contributed by atoms with van der Waals surface area (Å²) in [5, 5.41) is 9.52. The molecule has 1 aromatic carbocycles. The Kier molecular flexibility index (Phi) is 3.48. The fourth-order valence-corrected chi connectivity index (χ4v) is 2.60. The minimum absolute atomic E-state index is 0.145. The lowest BCUT2D eigenvalue weighted by atomic mass is 10.1. The second kappa shape index (κ2) is 5.27. The first-order valence-corrected chi connectivity index (χ1v) is 6.81. The number of likely N-dealkylation sites (tertiary alicyclic amines) is 1. The summed E-state index contributed by atoms with van der Waals surface area (Å²) >= 11 is 0. The number of hydrogen-bond acceptors (Lipinski definition) is 5. The molecule has 0 spiro atoms. The van der Waals surface area contributed by atoms with Gasteiger partial charge in [-0.25, -0.2) is 0 Å². The van der Waals surface area contributed by atoms with Crippen molar-refractivity contribution in [3.8, 4) is 11.5 Å². The van der Waals surface area contributed by atoms with Gasteiger partial charge < -0.3 is 20.3 Å². The summed E-state index contributed by atoms with van der Waals surface area (Å²) < 4.78 is 11.1. The van der Waals surface area contributed by atoms with Crippen LogP contribution in [0, 0.1) is 0 Å². The first-order valence-electron chi connectivity index (χ1n) is 6.81. The molecular formula is C14H20N2O3. The van der Waals surface area contributed by atoms with E-state index in [9.17, 15) is 5.11 Å². The molecule has 0 radical (unpaired) electrons. The lowest BCUT2D eigenvalue weighted by Crippen LogP contribution is -2.35. The number of aliphatic hydroxyl groups is 1. The molecule has 1 saturated heterocycles. The Morgan fingerprint density at radius 1 is 1.16 bits per heavy atom. The average molecular weight is 264 g/mol. The summed E-state index contributed by atoms with van der Waals surface area (Å²) in [6.45, 7) is 3.79. The lowest BCUT2D eigenvalue weighted by molar-refractivity contribution is 0.0792. The monoisotopic (exact) mass is 264 g/mol. The molecule has 5 heteroatoms. The fourth-order valence-electron chi connectivity index (χ4n) is 2.60. The highest BCUT2D eigenvalue weighted by Crippen LogP contribution is 2.35. The Morgan fingerprint density at radius 3 is 2.47 bits per heavy atom. The largest absolute Gasteiger partial charge is 0.486 e. The summed E-state index contributed by atoms with van der Waals surface area (Å²) in [5.74, 6) is 1.52. The van der Waals surface area contributed by atoms with Crippen LogP contribution in [-0.2, 0) is 6.54 Å². The molecule has 0 saturated carbocycles. The number of nitrogens with zero attached hydrogens (tertiary/aromatic N) is 1. The zero-order chi connectivity index (χ0) is 13.2. The van der Waals surface area contributed by atoms with Gasteiger partial charge in [0.1, 0.15) is 13.2 Å². The van der Waals surface area contributed by atoms with Gasteiger partial charge in [-0.2, -0.15) is 0 Å². The van der Waals surface area contributed by atoms with E-state index in [1.54, 1.807) is 0 Å². The molecule has 19 heavy (non-hydrogen) atoms. The molecule has 1 aromatic rings. The molecule has 0 aliphatic carbocycles. The van der Waals surface area contributed by atoms with E-state index in [4.69, 9.17) is 15.2 Å². The number of ether oxygens (including phenoxy) is 2. The molecule has 2 aliphatic rings. The second-order valence-corrected chi connectivity index (χ2v) is 5.20. The molecule has 104 valence electrons. The summed E-state index contributed by atoms with van der Waals surface area (Å²) in [6, 6.07) is 3.83. The van der Waals surface area contributed by atoms with Gasteiger partial charge in [-0.1, -0.05) is 0 Å². The molecule has 2 heterocycles. The molecule has 3 N–H and O–H groups in total. The van der Waals surface area contributed by atoms with Gasteiger partial charge in [0.2, 0.25) is 0 Å². The van der Waals surface area contributed by atoms with Crippen LogP contribution in [0.1, 0.15) is 18.4 Å². The fraction of sp³-hybridized carbons (Fsp3) is 0.571. The highest BCUT2D eigenvalue weighted by molar-refractivity contribution is 5.58. The van der Waals surface area contributed by atoms with Crippen molar-refractivity contribution in [3.63, 3.8) is 0 Å². The van der Waals surface area contributed by atoms with Crippen molar-refractivity contribution in [3.05, 3.63) is 17.7 Å². The van der Waals surface area contributed by atoms with Gasteiger partial charge in [0.15, 0.2) is 11.5 Å². The minimum Gasteiger partial charge on any atom is -0.486 e. The minimum atomic E-state index is -0.145. The molecule has 0 bridgehead atoms. The average Bonchev–Trinajstić information content (AvgIpc) is 2.42. The van der Waals surface area contributed by atoms with E-state index in [1.165, 1.54) is 0 Å².